The third-order valence-corrected chi connectivity index (χ3v) is 4.26. The molecule has 0 spiro atoms. The van der Waals surface area contributed by atoms with Crippen molar-refractivity contribution in [1.29, 1.82) is 0 Å². The number of hydrogen-bond acceptors (Lipinski definition) is 2. The number of amides is 2. The van der Waals surface area contributed by atoms with E-state index < -0.39 is 0 Å². The summed E-state index contributed by atoms with van der Waals surface area (Å²) in [6, 6.07) is 7.11. The van der Waals surface area contributed by atoms with Crippen LogP contribution in [0.25, 0.3) is 0 Å². The molecule has 0 N–H and O–H groups in total. The van der Waals surface area contributed by atoms with E-state index in [1.54, 1.807) is 12.1 Å². The highest BCUT2D eigenvalue weighted by molar-refractivity contribution is 6.17. The number of hydrogen-bond donors (Lipinski definition) is 0. The molecule has 0 radical (unpaired) electrons. The van der Waals surface area contributed by atoms with Crippen molar-refractivity contribution >= 4 is 23.4 Å². The molecule has 4 heteroatoms. The monoisotopic (exact) mass is 293 g/mol. The van der Waals surface area contributed by atoms with Crippen LogP contribution in [0.1, 0.15) is 43.1 Å². The maximum Gasteiger partial charge on any atom is 0.260 e. The highest BCUT2D eigenvalue weighted by Crippen LogP contribution is 2.34. The first-order valence-electron chi connectivity index (χ1n) is 6.82. The van der Waals surface area contributed by atoms with Gasteiger partial charge in [0.2, 0.25) is 5.91 Å². The number of likely N-dealkylation sites (tertiary alicyclic amines) is 1. The molecule has 1 aliphatic heterocycles. The molecule has 3 nitrogen and oxygen atoms in total. The second-order valence-electron chi connectivity index (χ2n) is 6.41. The molecule has 1 saturated heterocycles. The van der Waals surface area contributed by atoms with Crippen LogP contribution in [0, 0.1) is 11.3 Å². The third-order valence-electron chi connectivity index (χ3n) is 3.95. The van der Waals surface area contributed by atoms with Gasteiger partial charge in [-0.15, -0.1) is 11.6 Å². The van der Waals surface area contributed by atoms with Gasteiger partial charge in [0.15, 0.2) is 0 Å². The highest BCUT2D eigenvalue weighted by Gasteiger charge is 2.39. The van der Waals surface area contributed by atoms with Crippen LogP contribution in [0.2, 0.25) is 0 Å². The smallest absolute Gasteiger partial charge is 0.260 e. The first-order valence-corrected chi connectivity index (χ1v) is 7.36. The molecule has 2 amide bonds. The Hall–Kier alpha value is -1.35. The topological polar surface area (TPSA) is 37.4 Å². The normalized spacial score (nSPS) is 19.5. The molecule has 1 aliphatic rings. The number of imide groups is 1. The molecule has 1 heterocycles. The van der Waals surface area contributed by atoms with Crippen LogP contribution in [0.15, 0.2) is 24.3 Å². The number of halogens is 1. The first kappa shape index (κ1) is 15.0. The zero-order valence-electron chi connectivity index (χ0n) is 12.1. The van der Waals surface area contributed by atoms with E-state index in [1.165, 1.54) is 4.90 Å². The molecule has 1 unspecified atom stereocenters. The molecule has 1 aromatic rings. The van der Waals surface area contributed by atoms with Crippen molar-refractivity contribution in [2.45, 2.75) is 33.1 Å². The zero-order chi connectivity index (χ0) is 14.9. The molecular weight excluding hydrogens is 274 g/mol. The molecule has 0 aliphatic carbocycles. The summed E-state index contributed by atoms with van der Waals surface area (Å²) in [5, 5.41) is 0. The molecule has 108 valence electrons. The summed E-state index contributed by atoms with van der Waals surface area (Å²) in [6.45, 7) is 6.83. The first-order chi connectivity index (χ1) is 9.32. The van der Waals surface area contributed by atoms with Gasteiger partial charge in [0.05, 0.1) is 0 Å². The lowest BCUT2D eigenvalue weighted by Crippen LogP contribution is -2.33. The van der Waals surface area contributed by atoms with Crippen molar-refractivity contribution in [3.05, 3.63) is 35.4 Å². The van der Waals surface area contributed by atoms with Crippen LogP contribution < -0.4 is 0 Å². The van der Waals surface area contributed by atoms with E-state index in [2.05, 4.69) is 20.8 Å². The fraction of sp³-hybridized carbons (Fsp3) is 0.500. The maximum absolute atomic E-state index is 12.4. The molecule has 1 aromatic carbocycles. The maximum atomic E-state index is 12.4. The predicted molar refractivity (Wildman–Crippen MR) is 79.6 cm³/mol. The van der Waals surface area contributed by atoms with Crippen molar-refractivity contribution in [2.75, 3.05) is 6.54 Å². The molecule has 1 atom stereocenters. The summed E-state index contributed by atoms with van der Waals surface area (Å²) in [6.07, 6.45) is 0.453. The molecular formula is C16H20ClNO2. The highest BCUT2D eigenvalue weighted by atomic mass is 35.5. The van der Waals surface area contributed by atoms with Crippen molar-refractivity contribution in [1.82, 2.24) is 4.90 Å². The Kier molecular flexibility index (Phi) is 4.19. The standard InChI is InChI=1S/C16H20ClNO2/c1-16(2,3)13-8-14(19)18(10-13)15(20)12-6-4-11(9-17)5-7-12/h4-7,13H,8-10H2,1-3H3. The van der Waals surface area contributed by atoms with Crippen LogP contribution in [0.3, 0.4) is 0 Å². The SMILES string of the molecule is CC(C)(C)C1CC(=O)N(C(=O)c2ccc(CCl)cc2)C1. The van der Waals surface area contributed by atoms with E-state index in [0.717, 1.165) is 5.56 Å². The largest absolute Gasteiger partial charge is 0.278 e. The Balaban J connectivity index is 2.15. The molecule has 0 saturated carbocycles. The van der Waals surface area contributed by atoms with Crippen LogP contribution >= 0.6 is 11.6 Å². The molecule has 0 aromatic heterocycles. The van der Waals surface area contributed by atoms with Gasteiger partial charge >= 0.3 is 0 Å². The van der Waals surface area contributed by atoms with Crippen LogP contribution in [-0.4, -0.2) is 23.3 Å². The average molecular weight is 294 g/mol. The number of carbonyl (C=O) groups is 2. The van der Waals surface area contributed by atoms with E-state index >= 15 is 0 Å². The van der Waals surface area contributed by atoms with E-state index in [-0.39, 0.29) is 23.1 Å². The van der Waals surface area contributed by atoms with Crippen LogP contribution in [-0.2, 0) is 10.7 Å². The number of rotatable bonds is 2. The lowest BCUT2D eigenvalue weighted by atomic mass is 9.80. The van der Waals surface area contributed by atoms with Gasteiger partial charge in [-0.3, -0.25) is 14.5 Å². The Morgan fingerprint density at radius 1 is 1.30 bits per heavy atom. The molecule has 1 fully saturated rings. The Labute approximate surface area is 124 Å². The lowest BCUT2D eigenvalue weighted by Gasteiger charge is -2.26. The van der Waals surface area contributed by atoms with E-state index in [4.69, 9.17) is 11.6 Å². The minimum absolute atomic E-state index is 0.0349. The Morgan fingerprint density at radius 3 is 2.35 bits per heavy atom. The summed E-state index contributed by atoms with van der Waals surface area (Å²) in [5.41, 5.74) is 1.54. The number of carbonyl (C=O) groups excluding carboxylic acids is 2. The molecule has 20 heavy (non-hydrogen) atoms. The van der Waals surface area contributed by atoms with Gasteiger partial charge in [-0.05, 0) is 29.0 Å². The Bertz CT molecular complexity index is 516. The second-order valence-corrected chi connectivity index (χ2v) is 6.67. The number of nitrogens with zero attached hydrogens (tertiary/aromatic N) is 1. The van der Waals surface area contributed by atoms with Gasteiger partial charge in [0.25, 0.3) is 5.91 Å². The second kappa shape index (κ2) is 5.57. The minimum atomic E-state index is -0.206. The van der Waals surface area contributed by atoms with Gasteiger partial charge in [-0.2, -0.15) is 0 Å². The summed E-state index contributed by atoms with van der Waals surface area (Å²) >= 11 is 5.73. The van der Waals surface area contributed by atoms with Gasteiger partial charge in [0, 0.05) is 24.4 Å². The van der Waals surface area contributed by atoms with Gasteiger partial charge in [-0.1, -0.05) is 32.9 Å². The summed E-state index contributed by atoms with van der Waals surface area (Å²) in [7, 11) is 0. The lowest BCUT2D eigenvalue weighted by molar-refractivity contribution is -0.125. The minimum Gasteiger partial charge on any atom is -0.278 e. The summed E-state index contributed by atoms with van der Waals surface area (Å²) < 4.78 is 0. The molecule has 2 rings (SSSR count). The van der Waals surface area contributed by atoms with E-state index in [9.17, 15) is 9.59 Å². The number of alkyl halides is 1. The fourth-order valence-corrected chi connectivity index (χ4v) is 2.55. The van der Waals surface area contributed by atoms with Crippen molar-refractivity contribution in [3.8, 4) is 0 Å². The molecule has 0 bridgehead atoms. The van der Waals surface area contributed by atoms with Crippen molar-refractivity contribution in [3.63, 3.8) is 0 Å². The number of benzene rings is 1. The van der Waals surface area contributed by atoms with Gasteiger partial charge < -0.3 is 0 Å². The average Bonchev–Trinajstić information content (AvgIpc) is 2.80. The van der Waals surface area contributed by atoms with Crippen LogP contribution in [0.4, 0.5) is 0 Å². The third kappa shape index (κ3) is 3.04. The quantitative estimate of drug-likeness (QED) is 0.618. The zero-order valence-corrected chi connectivity index (χ0v) is 12.9. The Morgan fingerprint density at radius 2 is 1.90 bits per heavy atom. The van der Waals surface area contributed by atoms with E-state index in [0.29, 0.717) is 24.4 Å². The van der Waals surface area contributed by atoms with Crippen molar-refractivity contribution < 1.29 is 9.59 Å². The summed E-state index contributed by atoms with van der Waals surface area (Å²) in [5.74, 6) is 0.365. The summed E-state index contributed by atoms with van der Waals surface area (Å²) in [4.78, 5) is 25.8. The van der Waals surface area contributed by atoms with Crippen LogP contribution in [0.5, 0.6) is 0 Å². The van der Waals surface area contributed by atoms with Gasteiger partial charge in [0.1, 0.15) is 0 Å². The van der Waals surface area contributed by atoms with E-state index in [1.807, 2.05) is 12.1 Å². The van der Waals surface area contributed by atoms with Crippen molar-refractivity contribution in [2.24, 2.45) is 11.3 Å². The predicted octanol–water partition coefficient (Wildman–Crippen LogP) is 3.46. The van der Waals surface area contributed by atoms with Gasteiger partial charge in [-0.25, -0.2) is 0 Å². The fourth-order valence-electron chi connectivity index (χ4n) is 2.38.